The van der Waals surface area contributed by atoms with Gasteiger partial charge in [-0.2, -0.15) is 5.26 Å². The minimum Gasteiger partial charge on any atom is -0.375 e. The van der Waals surface area contributed by atoms with Crippen LogP contribution in [-0.2, 0) is 4.74 Å². The lowest BCUT2D eigenvalue weighted by atomic mass is 9.83. The quantitative estimate of drug-likeness (QED) is 0.516. The maximum atomic E-state index is 8.49. The van der Waals surface area contributed by atoms with Crippen molar-refractivity contribution in [2.45, 2.75) is 33.8 Å². The lowest BCUT2D eigenvalue weighted by molar-refractivity contribution is -0.135. The van der Waals surface area contributed by atoms with Crippen LogP contribution in [0.5, 0.6) is 0 Å². The lowest BCUT2D eigenvalue weighted by Crippen LogP contribution is -2.46. The van der Waals surface area contributed by atoms with Gasteiger partial charge in [-0.05, 0) is 13.8 Å². The minimum atomic E-state index is -0.194. The Morgan fingerprint density at radius 2 is 2.10 bits per heavy atom. The molecule has 0 aliphatic carbocycles. The van der Waals surface area contributed by atoms with Gasteiger partial charge >= 0.3 is 0 Å². The highest BCUT2D eigenvalue weighted by Crippen LogP contribution is 2.32. The summed E-state index contributed by atoms with van der Waals surface area (Å²) in [5, 5.41) is 8.49. The molecule has 0 N–H and O–H groups in total. The Bertz CT molecular complexity index is 139. The first-order chi connectivity index (χ1) is 4.69. The molecular weight excluding hydrogens is 126 g/mol. The molecule has 1 rings (SSSR count). The summed E-state index contributed by atoms with van der Waals surface area (Å²) in [4.78, 5) is 0. The fraction of sp³-hybridized carbons (Fsp3) is 0.875. The standard InChI is InChI=1S/C6H9NO.C2H6/c1-5-6(2,3-7)4-8-5;1-2/h5H,4H2,1-2H3;1-2H3. The molecule has 0 bridgehead atoms. The molecule has 0 radical (unpaired) electrons. The molecule has 1 heterocycles. The number of nitriles is 1. The Morgan fingerprint density at radius 1 is 1.60 bits per heavy atom. The van der Waals surface area contributed by atoms with Gasteiger partial charge < -0.3 is 4.74 Å². The van der Waals surface area contributed by atoms with Crippen molar-refractivity contribution in [3.05, 3.63) is 0 Å². The van der Waals surface area contributed by atoms with Crippen LogP contribution in [0, 0.1) is 16.7 Å². The van der Waals surface area contributed by atoms with Crippen molar-refractivity contribution in [1.82, 2.24) is 0 Å². The molecule has 0 aromatic heterocycles. The monoisotopic (exact) mass is 141 g/mol. The normalized spacial score (nSPS) is 36.5. The summed E-state index contributed by atoms with van der Waals surface area (Å²) in [5.74, 6) is 0. The van der Waals surface area contributed by atoms with Gasteiger partial charge in [-0.25, -0.2) is 0 Å². The fourth-order valence-electron chi connectivity index (χ4n) is 0.623. The highest BCUT2D eigenvalue weighted by Gasteiger charge is 2.41. The third kappa shape index (κ3) is 1.48. The molecular formula is C8H15NO. The number of rotatable bonds is 0. The van der Waals surface area contributed by atoms with E-state index in [1.165, 1.54) is 0 Å². The molecule has 2 nitrogen and oxygen atoms in total. The first-order valence-electron chi connectivity index (χ1n) is 3.72. The molecule has 1 saturated heterocycles. The Hall–Kier alpha value is -0.550. The summed E-state index contributed by atoms with van der Waals surface area (Å²) in [6.45, 7) is 8.44. The van der Waals surface area contributed by atoms with Gasteiger partial charge in [0.05, 0.1) is 18.8 Å². The van der Waals surface area contributed by atoms with E-state index in [0.29, 0.717) is 6.61 Å². The van der Waals surface area contributed by atoms with Crippen LogP contribution in [0.25, 0.3) is 0 Å². The predicted octanol–water partition coefficient (Wildman–Crippen LogP) is 1.96. The number of ether oxygens (including phenoxy) is 1. The smallest absolute Gasteiger partial charge is 0.104 e. The van der Waals surface area contributed by atoms with E-state index in [-0.39, 0.29) is 11.5 Å². The molecule has 10 heavy (non-hydrogen) atoms. The molecule has 0 aromatic carbocycles. The van der Waals surface area contributed by atoms with Crippen molar-refractivity contribution >= 4 is 0 Å². The molecule has 2 atom stereocenters. The molecule has 2 heteroatoms. The van der Waals surface area contributed by atoms with E-state index >= 15 is 0 Å². The van der Waals surface area contributed by atoms with Crippen LogP contribution in [0.4, 0.5) is 0 Å². The van der Waals surface area contributed by atoms with Crippen LogP contribution in [-0.4, -0.2) is 12.7 Å². The highest BCUT2D eigenvalue weighted by molar-refractivity contribution is 5.04. The van der Waals surface area contributed by atoms with E-state index in [0.717, 1.165) is 0 Å². The summed E-state index contributed by atoms with van der Waals surface area (Å²) < 4.78 is 5.01. The van der Waals surface area contributed by atoms with Gasteiger partial charge in [0.15, 0.2) is 0 Å². The topological polar surface area (TPSA) is 33.0 Å². The molecule has 1 aliphatic heterocycles. The molecule has 0 amide bonds. The first kappa shape index (κ1) is 9.45. The second kappa shape index (κ2) is 3.58. The van der Waals surface area contributed by atoms with Gasteiger partial charge in [-0.15, -0.1) is 0 Å². The van der Waals surface area contributed by atoms with Crippen molar-refractivity contribution in [2.75, 3.05) is 6.61 Å². The second-order valence-electron chi connectivity index (χ2n) is 2.48. The lowest BCUT2D eigenvalue weighted by Gasteiger charge is -2.38. The predicted molar refractivity (Wildman–Crippen MR) is 40.5 cm³/mol. The van der Waals surface area contributed by atoms with Gasteiger partial charge in [-0.1, -0.05) is 13.8 Å². The molecule has 0 saturated carbocycles. The zero-order chi connectivity index (χ0) is 8.20. The van der Waals surface area contributed by atoms with E-state index < -0.39 is 0 Å². The average molecular weight is 141 g/mol. The molecule has 1 fully saturated rings. The van der Waals surface area contributed by atoms with Crippen LogP contribution in [0.1, 0.15) is 27.7 Å². The van der Waals surface area contributed by atoms with E-state index in [2.05, 4.69) is 6.07 Å². The van der Waals surface area contributed by atoms with Crippen LogP contribution in [0.3, 0.4) is 0 Å². The van der Waals surface area contributed by atoms with Gasteiger partial charge in [0.2, 0.25) is 0 Å². The molecule has 2 unspecified atom stereocenters. The van der Waals surface area contributed by atoms with Gasteiger partial charge in [0.25, 0.3) is 0 Å². The third-order valence-corrected chi connectivity index (χ3v) is 1.79. The maximum Gasteiger partial charge on any atom is 0.104 e. The largest absolute Gasteiger partial charge is 0.375 e. The van der Waals surface area contributed by atoms with Crippen molar-refractivity contribution in [3.8, 4) is 6.07 Å². The minimum absolute atomic E-state index is 0.132. The molecule has 58 valence electrons. The third-order valence-electron chi connectivity index (χ3n) is 1.79. The van der Waals surface area contributed by atoms with Crippen molar-refractivity contribution in [1.29, 1.82) is 5.26 Å². The van der Waals surface area contributed by atoms with E-state index in [9.17, 15) is 0 Å². The van der Waals surface area contributed by atoms with Crippen molar-refractivity contribution in [3.63, 3.8) is 0 Å². The highest BCUT2D eigenvalue weighted by atomic mass is 16.5. The summed E-state index contributed by atoms with van der Waals surface area (Å²) in [5.41, 5.74) is -0.194. The molecule has 1 aliphatic rings. The maximum absolute atomic E-state index is 8.49. The number of hydrogen-bond acceptors (Lipinski definition) is 2. The van der Waals surface area contributed by atoms with Gasteiger partial charge in [0, 0.05) is 0 Å². The number of nitrogens with zero attached hydrogens (tertiary/aromatic N) is 1. The summed E-state index contributed by atoms with van der Waals surface area (Å²) in [7, 11) is 0. The summed E-state index contributed by atoms with van der Waals surface area (Å²) in [6, 6.07) is 2.20. The summed E-state index contributed by atoms with van der Waals surface area (Å²) in [6.07, 6.45) is 0.132. The van der Waals surface area contributed by atoms with Crippen molar-refractivity contribution in [2.24, 2.45) is 5.41 Å². The van der Waals surface area contributed by atoms with Crippen LogP contribution in [0.15, 0.2) is 0 Å². The molecule has 0 spiro atoms. The molecule has 0 aromatic rings. The van der Waals surface area contributed by atoms with E-state index in [1.807, 2.05) is 27.7 Å². The Labute approximate surface area is 62.8 Å². The Balaban J connectivity index is 0.000000371. The Kier molecular flexibility index (Phi) is 3.38. The summed E-state index contributed by atoms with van der Waals surface area (Å²) >= 11 is 0. The number of hydrogen-bond donors (Lipinski definition) is 0. The van der Waals surface area contributed by atoms with Crippen molar-refractivity contribution < 1.29 is 4.74 Å². The SMILES string of the molecule is CC.CC1OCC1(C)C#N. The van der Waals surface area contributed by atoms with E-state index in [1.54, 1.807) is 0 Å². The fourth-order valence-corrected chi connectivity index (χ4v) is 0.623. The van der Waals surface area contributed by atoms with Gasteiger partial charge in [0.1, 0.15) is 5.41 Å². The average Bonchev–Trinajstić information content (AvgIpc) is 2.04. The first-order valence-corrected chi connectivity index (χ1v) is 3.72. The second-order valence-corrected chi connectivity index (χ2v) is 2.48. The van der Waals surface area contributed by atoms with Crippen LogP contribution < -0.4 is 0 Å². The van der Waals surface area contributed by atoms with Crippen LogP contribution >= 0.6 is 0 Å². The van der Waals surface area contributed by atoms with Crippen LogP contribution in [0.2, 0.25) is 0 Å². The van der Waals surface area contributed by atoms with Gasteiger partial charge in [-0.3, -0.25) is 0 Å². The zero-order valence-electron chi connectivity index (χ0n) is 7.14. The Morgan fingerprint density at radius 3 is 2.10 bits per heavy atom. The zero-order valence-corrected chi connectivity index (χ0v) is 7.14. The van der Waals surface area contributed by atoms with E-state index in [4.69, 9.17) is 10.00 Å².